The molecule has 5 heteroatoms. The number of hydrogen-bond donors (Lipinski definition) is 1. The van der Waals surface area contributed by atoms with Crippen LogP contribution in [0.1, 0.15) is 61.2 Å². The van der Waals surface area contributed by atoms with E-state index in [1.54, 1.807) is 18.6 Å². The van der Waals surface area contributed by atoms with Crippen LogP contribution in [0.4, 0.5) is 0 Å². The summed E-state index contributed by atoms with van der Waals surface area (Å²) in [5.74, 6) is -0.280. The second-order valence-corrected chi connectivity index (χ2v) is 7.97. The van der Waals surface area contributed by atoms with Crippen LogP contribution in [0.2, 0.25) is 0 Å². The largest absolute Gasteiger partial charge is 0.478 e. The Labute approximate surface area is 177 Å². The van der Waals surface area contributed by atoms with Gasteiger partial charge in [0.15, 0.2) is 0 Å². The predicted molar refractivity (Wildman–Crippen MR) is 116 cm³/mol. The quantitative estimate of drug-likeness (QED) is 0.477. The summed E-state index contributed by atoms with van der Waals surface area (Å²) < 4.78 is 16.3. The van der Waals surface area contributed by atoms with Gasteiger partial charge in [0.2, 0.25) is 0 Å². The number of carboxylic acids is 1. The SMILES string of the molecule is C/C(=C\[C@H]1C/C(=C/CCc2ccoc2)CO1)CC/C=C(\C)Cc1cc(C(=O)O)co1. The van der Waals surface area contributed by atoms with Crippen molar-refractivity contribution in [2.45, 2.75) is 58.5 Å². The molecule has 0 unspecified atom stereocenters. The standard InChI is InChI=1S/C25H30O5/c1-18(5-3-6-19(2)12-24-14-22(17-30-24)25(26)27)11-23-13-21(16-29-23)8-4-7-20-9-10-28-15-20/h6,8-11,14-15,17,23H,3-5,7,12-13,16H2,1-2H3,(H,26,27)/b18-11+,19-6+,21-8-/t23-/m0/s1. The van der Waals surface area contributed by atoms with Crippen LogP contribution in [-0.2, 0) is 17.6 Å². The third-order valence-corrected chi connectivity index (χ3v) is 5.25. The van der Waals surface area contributed by atoms with Gasteiger partial charge >= 0.3 is 5.97 Å². The van der Waals surface area contributed by atoms with Crippen LogP contribution in [0.3, 0.4) is 0 Å². The van der Waals surface area contributed by atoms with Gasteiger partial charge in [-0.1, -0.05) is 29.4 Å². The van der Waals surface area contributed by atoms with Gasteiger partial charge in [-0.2, -0.15) is 0 Å². The molecular formula is C25H30O5. The lowest BCUT2D eigenvalue weighted by Gasteiger charge is -2.05. The first-order valence-electron chi connectivity index (χ1n) is 10.4. The van der Waals surface area contributed by atoms with Crippen LogP contribution in [-0.4, -0.2) is 23.8 Å². The molecule has 3 rings (SSSR count). The average molecular weight is 411 g/mol. The fourth-order valence-electron chi connectivity index (χ4n) is 3.60. The van der Waals surface area contributed by atoms with E-state index in [1.807, 2.05) is 13.0 Å². The van der Waals surface area contributed by atoms with Crippen molar-refractivity contribution in [3.8, 4) is 0 Å². The van der Waals surface area contributed by atoms with Gasteiger partial charge in [0.1, 0.15) is 12.0 Å². The molecule has 0 spiro atoms. The molecule has 1 atom stereocenters. The Kier molecular flexibility index (Phi) is 7.91. The Bertz CT molecular complexity index is 911. The maximum atomic E-state index is 10.9. The normalized spacial score (nSPS) is 19.0. The van der Waals surface area contributed by atoms with Crippen molar-refractivity contribution < 1.29 is 23.5 Å². The Morgan fingerprint density at radius 2 is 2.10 bits per heavy atom. The second kappa shape index (κ2) is 10.8. The molecule has 1 aliphatic heterocycles. The number of aromatic carboxylic acids is 1. The van der Waals surface area contributed by atoms with Crippen LogP contribution < -0.4 is 0 Å². The van der Waals surface area contributed by atoms with E-state index in [9.17, 15) is 4.79 Å². The lowest BCUT2D eigenvalue weighted by molar-refractivity contribution is 0.0696. The number of carbonyl (C=O) groups is 1. The highest BCUT2D eigenvalue weighted by molar-refractivity contribution is 5.87. The number of carboxylic acid groups (broad SMARTS) is 1. The maximum absolute atomic E-state index is 10.9. The molecule has 2 aromatic heterocycles. The number of allylic oxidation sites excluding steroid dienone is 4. The van der Waals surface area contributed by atoms with Crippen LogP contribution in [0.5, 0.6) is 0 Å². The molecule has 0 saturated carbocycles. The molecular weight excluding hydrogens is 380 g/mol. The van der Waals surface area contributed by atoms with E-state index < -0.39 is 5.97 Å². The monoisotopic (exact) mass is 410 g/mol. The van der Waals surface area contributed by atoms with E-state index in [-0.39, 0.29) is 11.7 Å². The third-order valence-electron chi connectivity index (χ3n) is 5.25. The number of aryl methyl sites for hydroxylation is 1. The first-order valence-corrected chi connectivity index (χ1v) is 10.4. The zero-order valence-corrected chi connectivity index (χ0v) is 17.7. The molecule has 0 bridgehead atoms. The minimum atomic E-state index is -0.961. The number of hydrogen-bond acceptors (Lipinski definition) is 4. The molecule has 1 aliphatic rings. The van der Waals surface area contributed by atoms with E-state index in [4.69, 9.17) is 18.7 Å². The van der Waals surface area contributed by atoms with E-state index in [0.717, 1.165) is 38.7 Å². The van der Waals surface area contributed by atoms with Gasteiger partial charge in [-0.15, -0.1) is 0 Å². The van der Waals surface area contributed by atoms with Crippen molar-refractivity contribution in [3.05, 3.63) is 82.8 Å². The number of rotatable bonds is 10. The Morgan fingerprint density at radius 1 is 1.23 bits per heavy atom. The lowest BCUT2D eigenvalue weighted by Crippen LogP contribution is -2.00. The molecule has 1 fully saturated rings. The molecule has 0 radical (unpaired) electrons. The minimum Gasteiger partial charge on any atom is -0.478 e. The molecule has 2 aromatic rings. The summed E-state index contributed by atoms with van der Waals surface area (Å²) in [6, 6.07) is 3.60. The maximum Gasteiger partial charge on any atom is 0.338 e. The first kappa shape index (κ1) is 21.9. The zero-order chi connectivity index (χ0) is 21.3. The third kappa shape index (κ3) is 6.92. The van der Waals surface area contributed by atoms with Gasteiger partial charge < -0.3 is 18.7 Å². The van der Waals surface area contributed by atoms with Gasteiger partial charge in [-0.3, -0.25) is 0 Å². The second-order valence-electron chi connectivity index (χ2n) is 7.97. The summed E-state index contributed by atoms with van der Waals surface area (Å²) in [6.45, 7) is 4.92. The van der Waals surface area contributed by atoms with Crippen molar-refractivity contribution in [2.75, 3.05) is 6.61 Å². The van der Waals surface area contributed by atoms with E-state index in [0.29, 0.717) is 12.2 Å². The molecule has 1 saturated heterocycles. The van der Waals surface area contributed by atoms with Gasteiger partial charge in [0.05, 0.1) is 30.8 Å². The summed E-state index contributed by atoms with van der Waals surface area (Å²) in [7, 11) is 0. The minimum absolute atomic E-state index is 0.174. The van der Waals surface area contributed by atoms with Crippen LogP contribution in [0.25, 0.3) is 0 Å². The lowest BCUT2D eigenvalue weighted by atomic mass is 10.0. The van der Waals surface area contributed by atoms with Crippen molar-refractivity contribution in [1.82, 2.24) is 0 Å². The predicted octanol–water partition coefficient (Wildman–Crippen LogP) is 6.13. The average Bonchev–Trinajstić information content (AvgIpc) is 3.44. The van der Waals surface area contributed by atoms with E-state index in [1.165, 1.54) is 28.5 Å². The summed E-state index contributed by atoms with van der Waals surface area (Å²) in [5, 5.41) is 8.95. The van der Waals surface area contributed by atoms with Crippen LogP contribution in [0, 0.1) is 0 Å². The molecule has 1 N–H and O–H groups in total. The van der Waals surface area contributed by atoms with Crippen molar-refractivity contribution >= 4 is 5.97 Å². The number of furan rings is 2. The highest BCUT2D eigenvalue weighted by Crippen LogP contribution is 2.23. The molecule has 3 heterocycles. The molecule has 30 heavy (non-hydrogen) atoms. The summed E-state index contributed by atoms with van der Waals surface area (Å²) in [6.07, 6.45) is 17.3. The summed E-state index contributed by atoms with van der Waals surface area (Å²) in [5.41, 5.74) is 5.31. The van der Waals surface area contributed by atoms with Crippen molar-refractivity contribution in [3.63, 3.8) is 0 Å². The van der Waals surface area contributed by atoms with E-state index >= 15 is 0 Å². The fraction of sp³-hybridized carbons (Fsp3) is 0.400. The highest BCUT2D eigenvalue weighted by Gasteiger charge is 2.17. The molecule has 0 amide bonds. The van der Waals surface area contributed by atoms with Crippen molar-refractivity contribution in [2.24, 2.45) is 0 Å². The van der Waals surface area contributed by atoms with Gasteiger partial charge in [0, 0.05) is 12.8 Å². The number of ether oxygens (including phenoxy) is 1. The van der Waals surface area contributed by atoms with Crippen LogP contribution >= 0.6 is 0 Å². The fourth-order valence-corrected chi connectivity index (χ4v) is 3.60. The Morgan fingerprint density at radius 3 is 2.83 bits per heavy atom. The summed E-state index contributed by atoms with van der Waals surface area (Å²) in [4.78, 5) is 10.9. The van der Waals surface area contributed by atoms with Gasteiger partial charge in [-0.25, -0.2) is 4.79 Å². The molecule has 160 valence electrons. The van der Waals surface area contributed by atoms with E-state index in [2.05, 4.69) is 25.2 Å². The van der Waals surface area contributed by atoms with Gasteiger partial charge in [-0.05, 0) is 62.8 Å². The molecule has 0 aromatic carbocycles. The Balaban J connectivity index is 1.39. The van der Waals surface area contributed by atoms with Crippen LogP contribution in [0.15, 0.2) is 74.7 Å². The molecule has 0 aliphatic carbocycles. The smallest absolute Gasteiger partial charge is 0.338 e. The van der Waals surface area contributed by atoms with Gasteiger partial charge in [0.25, 0.3) is 0 Å². The zero-order valence-electron chi connectivity index (χ0n) is 17.7. The Hall–Kier alpha value is -2.79. The van der Waals surface area contributed by atoms with Crippen molar-refractivity contribution in [1.29, 1.82) is 0 Å². The first-order chi connectivity index (χ1) is 14.5. The molecule has 5 nitrogen and oxygen atoms in total. The highest BCUT2D eigenvalue weighted by atomic mass is 16.5. The topological polar surface area (TPSA) is 72.8 Å². The summed E-state index contributed by atoms with van der Waals surface area (Å²) >= 11 is 0.